The van der Waals surface area contributed by atoms with E-state index in [-0.39, 0.29) is 40.9 Å². The zero-order valence-electron chi connectivity index (χ0n) is 42.8. The van der Waals surface area contributed by atoms with Crippen molar-refractivity contribution in [2.75, 3.05) is 99.8 Å². The van der Waals surface area contributed by atoms with Gasteiger partial charge >= 0.3 is 0 Å². The average Bonchev–Trinajstić information content (AvgIpc) is 3.96. The van der Waals surface area contributed by atoms with Gasteiger partial charge in [-0.3, -0.25) is 48.9 Å². The number of hydrogen-bond donors (Lipinski definition) is 3. The van der Waals surface area contributed by atoms with Gasteiger partial charge in [0.1, 0.15) is 23.7 Å². The number of aromatic nitrogens is 6. The fourth-order valence-corrected chi connectivity index (χ4v) is 13.1. The van der Waals surface area contributed by atoms with Crippen LogP contribution >= 0.6 is 18.7 Å². The predicted molar refractivity (Wildman–Crippen MR) is 289 cm³/mol. The Balaban J connectivity index is 0.711. The summed E-state index contributed by atoms with van der Waals surface area (Å²) in [4.78, 5) is 79.5. The molecule has 0 saturated carbocycles. The van der Waals surface area contributed by atoms with Gasteiger partial charge in [0.05, 0.1) is 58.5 Å². The Hall–Kier alpha value is -7.06. The van der Waals surface area contributed by atoms with Gasteiger partial charge in [-0.25, -0.2) is 9.37 Å². The van der Waals surface area contributed by atoms with E-state index in [4.69, 9.17) is 16.3 Å². The zero-order valence-corrected chi connectivity index (χ0v) is 44.4. The lowest BCUT2D eigenvalue weighted by Gasteiger charge is -2.44. The summed E-state index contributed by atoms with van der Waals surface area (Å²) in [6.45, 7) is 11.2. The van der Waals surface area contributed by atoms with Crippen molar-refractivity contribution in [2.24, 2.45) is 13.0 Å². The number of nitrogens with zero attached hydrogens (tertiary/aromatic N) is 11. The third kappa shape index (κ3) is 9.96. The van der Waals surface area contributed by atoms with Crippen LogP contribution in [0.15, 0.2) is 67.4 Å². The van der Waals surface area contributed by atoms with Gasteiger partial charge in [0.15, 0.2) is 17.4 Å². The molecule has 1 unspecified atom stereocenters. The number of carbonyl (C=O) groups is 4. The summed E-state index contributed by atoms with van der Waals surface area (Å²) in [5.74, 6) is -1.62. The molecule has 4 saturated heterocycles. The van der Waals surface area contributed by atoms with E-state index in [0.717, 1.165) is 87.6 Å². The highest BCUT2D eigenvalue weighted by molar-refractivity contribution is 7.71. The highest BCUT2D eigenvalue weighted by Gasteiger charge is 2.45. The predicted octanol–water partition coefficient (Wildman–Crippen LogP) is 6.26. The van der Waals surface area contributed by atoms with E-state index in [1.54, 1.807) is 60.9 Å². The summed E-state index contributed by atoms with van der Waals surface area (Å²) in [6.07, 6.45) is 12.1. The Morgan fingerprint density at radius 2 is 1.55 bits per heavy atom. The number of piperazine rings is 1. The summed E-state index contributed by atoms with van der Waals surface area (Å²) >= 11 is 6.65. The first-order valence-electron chi connectivity index (χ1n) is 25.7. The molecular formula is C53H59ClFN14O6P. The first-order valence-corrected chi connectivity index (χ1v) is 28.7. The fourth-order valence-electron chi connectivity index (χ4n) is 11.6. The van der Waals surface area contributed by atoms with E-state index >= 15 is 4.39 Å². The second kappa shape index (κ2) is 20.8. The maximum absolute atomic E-state index is 17.2. The lowest BCUT2D eigenvalue weighted by molar-refractivity contribution is -0.136. The Bertz CT molecular complexity index is 3330. The molecule has 5 aliphatic rings. The third-order valence-corrected chi connectivity index (χ3v) is 17.2. The number of fused-ring (bicyclic) bond motifs is 2. The highest BCUT2D eigenvalue weighted by atomic mass is 35.5. The summed E-state index contributed by atoms with van der Waals surface area (Å²) in [6, 6.07) is 10.1. The summed E-state index contributed by atoms with van der Waals surface area (Å²) in [7, 11) is 0.374. The van der Waals surface area contributed by atoms with Crippen LogP contribution in [0.2, 0.25) is 5.02 Å². The van der Waals surface area contributed by atoms with Crippen molar-refractivity contribution in [2.45, 2.75) is 50.6 Å². The summed E-state index contributed by atoms with van der Waals surface area (Å²) in [5.41, 5.74) is 5.23. The van der Waals surface area contributed by atoms with Crippen LogP contribution in [0, 0.1) is 11.7 Å². The monoisotopic (exact) mass is 1070 g/mol. The van der Waals surface area contributed by atoms with Crippen LogP contribution in [0.4, 0.5) is 38.9 Å². The van der Waals surface area contributed by atoms with Crippen LogP contribution in [0.1, 0.15) is 59.2 Å². The van der Waals surface area contributed by atoms with Gasteiger partial charge in [-0.2, -0.15) is 10.1 Å². The van der Waals surface area contributed by atoms with Crippen molar-refractivity contribution in [3.05, 3.63) is 89.3 Å². The van der Waals surface area contributed by atoms with E-state index in [1.165, 1.54) is 13.3 Å². The number of methoxy groups -OCH3 is 1. The minimum Gasteiger partial charge on any atom is -0.492 e. The molecule has 76 heavy (non-hydrogen) atoms. The second-order valence-electron chi connectivity index (χ2n) is 20.6. The quantitative estimate of drug-likeness (QED) is 0.0859. The first kappa shape index (κ1) is 51.1. The van der Waals surface area contributed by atoms with Gasteiger partial charge in [0.25, 0.3) is 11.8 Å². The number of benzene rings is 3. The van der Waals surface area contributed by atoms with Crippen LogP contribution in [0.5, 0.6) is 5.75 Å². The maximum atomic E-state index is 17.2. The number of nitrogens with one attached hydrogen (secondary N) is 3. The van der Waals surface area contributed by atoms with Crippen LogP contribution in [0.3, 0.4) is 0 Å². The summed E-state index contributed by atoms with van der Waals surface area (Å²) in [5, 5.41) is 13.8. The van der Waals surface area contributed by atoms with Crippen LogP contribution < -0.4 is 35.8 Å². The second-order valence-corrected chi connectivity index (χ2v) is 24.2. The van der Waals surface area contributed by atoms with E-state index in [9.17, 15) is 23.7 Å². The molecule has 3 aromatic heterocycles. The molecule has 0 bridgehead atoms. The largest absolute Gasteiger partial charge is 0.492 e. The van der Waals surface area contributed by atoms with Gasteiger partial charge in [-0.1, -0.05) is 11.6 Å². The number of amides is 4. The Morgan fingerprint density at radius 1 is 0.816 bits per heavy atom. The van der Waals surface area contributed by atoms with Crippen molar-refractivity contribution in [3.63, 3.8) is 0 Å². The topological polar surface area (TPSA) is 216 Å². The molecule has 4 amide bonds. The number of ether oxygens (including phenoxy) is 1. The van der Waals surface area contributed by atoms with Crippen molar-refractivity contribution in [1.82, 2.24) is 49.7 Å². The molecule has 5 aliphatic heterocycles. The lowest BCUT2D eigenvalue weighted by atomic mass is 9.95. The Kier molecular flexibility index (Phi) is 14.0. The smallest absolute Gasteiger partial charge is 0.262 e. The number of hydrogen-bond acceptors (Lipinski definition) is 17. The number of anilines is 6. The van der Waals surface area contributed by atoms with Gasteiger partial charge < -0.3 is 34.6 Å². The van der Waals surface area contributed by atoms with E-state index in [2.05, 4.69) is 60.6 Å². The number of imide groups is 2. The highest BCUT2D eigenvalue weighted by Crippen LogP contribution is 2.46. The number of aryl methyl sites for hydroxylation is 1. The Morgan fingerprint density at radius 3 is 2.26 bits per heavy atom. The number of piperidine rings is 3. The van der Waals surface area contributed by atoms with Crippen molar-refractivity contribution in [3.8, 4) is 16.9 Å². The lowest BCUT2D eigenvalue weighted by Crippen LogP contribution is -2.54. The molecule has 11 rings (SSSR count). The van der Waals surface area contributed by atoms with Gasteiger partial charge in [-0.15, -0.1) is 0 Å². The molecule has 20 nitrogen and oxygen atoms in total. The first-order chi connectivity index (χ1) is 36.6. The minimum atomic E-state index is -2.89. The molecule has 396 valence electrons. The molecule has 4 fully saturated rings. The molecule has 8 heterocycles. The molecular weight excluding hydrogens is 1010 g/mol. The zero-order chi connectivity index (χ0) is 53.0. The molecule has 1 atom stereocenters. The van der Waals surface area contributed by atoms with Crippen molar-refractivity contribution < 1.29 is 32.9 Å². The minimum absolute atomic E-state index is 0.00501. The molecule has 3 aromatic carbocycles. The number of halogens is 2. The number of rotatable bonds is 13. The van der Waals surface area contributed by atoms with Crippen LogP contribution in [0.25, 0.3) is 22.2 Å². The normalized spacial score (nSPS) is 19.4. The summed E-state index contributed by atoms with van der Waals surface area (Å²) < 4.78 is 38.3. The number of carbonyl (C=O) groups excluding carboxylic acids is 4. The van der Waals surface area contributed by atoms with Crippen molar-refractivity contribution >= 4 is 93.2 Å². The van der Waals surface area contributed by atoms with E-state index in [0.29, 0.717) is 69.6 Å². The molecule has 0 radical (unpaired) electrons. The van der Waals surface area contributed by atoms with Gasteiger partial charge in [0.2, 0.25) is 17.8 Å². The maximum Gasteiger partial charge on any atom is 0.262 e. The van der Waals surface area contributed by atoms with Crippen LogP contribution in [-0.2, 0) is 21.2 Å². The molecule has 0 aliphatic carbocycles. The van der Waals surface area contributed by atoms with E-state index in [1.807, 2.05) is 25.4 Å². The fraction of sp³-hybridized carbons (Fsp3) is 0.415. The van der Waals surface area contributed by atoms with Crippen molar-refractivity contribution in [1.29, 1.82) is 0 Å². The molecule has 23 heteroatoms. The van der Waals surface area contributed by atoms with Gasteiger partial charge in [-0.05, 0) is 87.7 Å². The third-order valence-electron chi connectivity index (χ3n) is 15.4. The van der Waals surface area contributed by atoms with Gasteiger partial charge in [0, 0.05) is 114 Å². The average molecular weight is 1070 g/mol. The molecule has 6 aromatic rings. The molecule has 3 N–H and O–H groups in total. The van der Waals surface area contributed by atoms with Crippen LogP contribution in [-0.4, -0.2) is 159 Å². The standard InChI is InChI=1S/C53H59ClFN14O6P/c1-64-30-32(27-59-64)36-26-41(61-53-58-28-38(54)49(63-53)60-40-8-7-39-45(57-16-15-56-39)48(40)76(3,4)74)47(75-2)44(55)46(36)68-19-13-33(14-20-68)67-23-21-65(22-24-67)29-31-11-17-66(18-12-31)34-5-6-35-37(25-34)52(73)69(51(35)72)42-9-10-43(70)62-50(42)71/h5-8,15-16,25-28,30-31,33,42H,9-14,17-24,29H2,1-4H3,(H,62,70,71)(H2,58,60,61,63). The Labute approximate surface area is 443 Å². The molecule has 0 spiro atoms. The van der Waals surface area contributed by atoms with E-state index < -0.39 is 42.6 Å². The SMILES string of the molecule is COc1c(Nc2ncc(Cl)c(Nc3ccc4nccnc4c3P(C)(C)=O)n2)cc(-c2cnn(C)c2)c(N2CCC(N3CCN(CC4CCN(c5ccc6c(c5)C(=O)N(C5CCC(=O)NC5=O)C6=O)CC4)CC3)CC2)c1F.